The van der Waals surface area contributed by atoms with E-state index in [-0.39, 0.29) is 11.6 Å². The van der Waals surface area contributed by atoms with E-state index in [4.69, 9.17) is 21.9 Å². The standard InChI is InChI=1S/C15H13BrClN3O2/c16-6-8(3-10-5-14(15(18)21)20-22-10)12-7-19-13-2-1-9(17)4-11(12)13/h1-2,4-5,7-8,19H,3,6H2,(H2,18,21). The van der Waals surface area contributed by atoms with Crippen LogP contribution in [-0.2, 0) is 6.42 Å². The zero-order valence-electron chi connectivity index (χ0n) is 11.5. The van der Waals surface area contributed by atoms with Gasteiger partial charge >= 0.3 is 0 Å². The summed E-state index contributed by atoms with van der Waals surface area (Å²) in [6, 6.07) is 7.32. The molecule has 0 radical (unpaired) electrons. The van der Waals surface area contributed by atoms with Crippen LogP contribution in [0.4, 0.5) is 0 Å². The van der Waals surface area contributed by atoms with Crippen molar-refractivity contribution in [2.24, 2.45) is 5.73 Å². The van der Waals surface area contributed by atoms with Gasteiger partial charge in [-0.3, -0.25) is 4.79 Å². The molecule has 0 aliphatic heterocycles. The molecule has 2 heterocycles. The van der Waals surface area contributed by atoms with Gasteiger partial charge in [0.05, 0.1) is 0 Å². The van der Waals surface area contributed by atoms with Gasteiger partial charge in [-0.1, -0.05) is 32.7 Å². The van der Waals surface area contributed by atoms with E-state index in [1.807, 2.05) is 24.4 Å². The lowest BCUT2D eigenvalue weighted by atomic mass is 9.96. The number of nitrogens with zero attached hydrogens (tertiary/aromatic N) is 1. The Balaban J connectivity index is 1.92. The van der Waals surface area contributed by atoms with Gasteiger partial charge < -0.3 is 15.2 Å². The third-order valence-electron chi connectivity index (χ3n) is 3.56. The lowest BCUT2D eigenvalue weighted by Crippen LogP contribution is -2.10. The third kappa shape index (κ3) is 2.89. The molecule has 0 saturated carbocycles. The largest absolute Gasteiger partial charge is 0.364 e. The maximum Gasteiger partial charge on any atom is 0.270 e. The lowest BCUT2D eigenvalue weighted by Gasteiger charge is -2.11. The van der Waals surface area contributed by atoms with E-state index in [2.05, 4.69) is 26.1 Å². The average Bonchev–Trinajstić information content (AvgIpc) is 3.11. The minimum atomic E-state index is -0.593. The molecule has 0 bridgehead atoms. The molecule has 1 aromatic carbocycles. The first-order valence-corrected chi connectivity index (χ1v) is 8.16. The van der Waals surface area contributed by atoms with Crippen LogP contribution in [0.3, 0.4) is 0 Å². The monoisotopic (exact) mass is 381 g/mol. The van der Waals surface area contributed by atoms with E-state index in [1.54, 1.807) is 6.07 Å². The number of H-pyrrole nitrogens is 1. The van der Waals surface area contributed by atoms with Gasteiger partial charge in [0.1, 0.15) is 5.76 Å². The van der Waals surface area contributed by atoms with Crippen LogP contribution < -0.4 is 5.73 Å². The number of benzene rings is 1. The molecule has 0 fully saturated rings. The van der Waals surface area contributed by atoms with Crippen molar-refractivity contribution in [1.29, 1.82) is 0 Å². The highest BCUT2D eigenvalue weighted by atomic mass is 79.9. The molecule has 5 nitrogen and oxygen atoms in total. The molecule has 0 saturated heterocycles. The van der Waals surface area contributed by atoms with E-state index in [1.165, 1.54) is 0 Å². The van der Waals surface area contributed by atoms with Crippen LogP contribution in [0.25, 0.3) is 10.9 Å². The number of fused-ring (bicyclic) bond motifs is 1. The highest BCUT2D eigenvalue weighted by Gasteiger charge is 2.19. The zero-order chi connectivity index (χ0) is 15.7. The van der Waals surface area contributed by atoms with Crippen LogP contribution in [0.5, 0.6) is 0 Å². The summed E-state index contributed by atoms with van der Waals surface area (Å²) in [4.78, 5) is 14.3. The van der Waals surface area contributed by atoms with Gasteiger partial charge in [0, 0.05) is 45.9 Å². The van der Waals surface area contributed by atoms with Gasteiger partial charge in [-0.2, -0.15) is 0 Å². The fraction of sp³-hybridized carbons (Fsp3) is 0.200. The number of aromatic amines is 1. The molecule has 2 aromatic heterocycles. The number of hydrogen-bond acceptors (Lipinski definition) is 3. The fourth-order valence-electron chi connectivity index (χ4n) is 2.47. The number of carbonyl (C=O) groups excluding carboxylic acids is 1. The Morgan fingerprint density at radius 1 is 1.45 bits per heavy atom. The Labute approximate surface area is 139 Å². The highest BCUT2D eigenvalue weighted by molar-refractivity contribution is 9.09. The molecule has 114 valence electrons. The summed E-state index contributed by atoms with van der Waals surface area (Å²) in [5.41, 5.74) is 7.49. The Morgan fingerprint density at radius 2 is 2.27 bits per heavy atom. The van der Waals surface area contributed by atoms with Crippen molar-refractivity contribution in [2.45, 2.75) is 12.3 Å². The number of rotatable bonds is 5. The van der Waals surface area contributed by atoms with Crippen molar-refractivity contribution < 1.29 is 9.32 Å². The van der Waals surface area contributed by atoms with Gasteiger partial charge in [-0.15, -0.1) is 0 Å². The first kappa shape index (κ1) is 15.1. The number of nitrogens with two attached hydrogens (primary N) is 1. The highest BCUT2D eigenvalue weighted by Crippen LogP contribution is 2.31. The van der Waals surface area contributed by atoms with Crippen molar-refractivity contribution in [3.63, 3.8) is 0 Å². The number of aromatic nitrogens is 2. The molecular formula is C15H13BrClN3O2. The second-order valence-electron chi connectivity index (χ2n) is 5.03. The second-order valence-corrected chi connectivity index (χ2v) is 6.12. The summed E-state index contributed by atoms with van der Waals surface area (Å²) in [6.45, 7) is 0. The predicted molar refractivity (Wildman–Crippen MR) is 88.6 cm³/mol. The molecule has 22 heavy (non-hydrogen) atoms. The Bertz CT molecular complexity index is 827. The molecule has 1 amide bonds. The smallest absolute Gasteiger partial charge is 0.270 e. The number of carbonyl (C=O) groups is 1. The molecule has 3 N–H and O–H groups in total. The Hall–Kier alpha value is -1.79. The van der Waals surface area contributed by atoms with Crippen LogP contribution >= 0.6 is 27.5 Å². The minimum absolute atomic E-state index is 0.144. The van der Waals surface area contributed by atoms with Crippen molar-refractivity contribution in [3.8, 4) is 0 Å². The second kappa shape index (κ2) is 6.14. The van der Waals surface area contributed by atoms with Gasteiger partial charge in [-0.05, 0) is 23.8 Å². The number of nitrogens with one attached hydrogen (secondary N) is 1. The van der Waals surface area contributed by atoms with Crippen molar-refractivity contribution in [2.75, 3.05) is 5.33 Å². The van der Waals surface area contributed by atoms with Crippen LogP contribution in [0.15, 0.2) is 35.0 Å². The van der Waals surface area contributed by atoms with E-state index in [0.717, 1.165) is 21.8 Å². The molecule has 3 rings (SSSR count). The maximum absolute atomic E-state index is 11.1. The van der Waals surface area contributed by atoms with Crippen molar-refractivity contribution in [3.05, 3.63) is 52.5 Å². The molecule has 0 aliphatic carbocycles. The fourth-order valence-corrected chi connectivity index (χ4v) is 3.22. The van der Waals surface area contributed by atoms with Gasteiger partial charge in [0.25, 0.3) is 5.91 Å². The Morgan fingerprint density at radius 3 is 2.95 bits per heavy atom. The summed E-state index contributed by atoms with van der Waals surface area (Å²) in [6.07, 6.45) is 2.57. The first-order chi connectivity index (χ1) is 10.6. The van der Waals surface area contributed by atoms with Crippen molar-refractivity contribution in [1.82, 2.24) is 10.1 Å². The summed E-state index contributed by atoms with van der Waals surface area (Å²) < 4.78 is 5.18. The van der Waals surface area contributed by atoms with Crippen LogP contribution in [0.1, 0.15) is 27.7 Å². The number of alkyl halides is 1. The van der Waals surface area contributed by atoms with Crippen LogP contribution in [0.2, 0.25) is 5.02 Å². The van der Waals surface area contributed by atoms with E-state index < -0.39 is 5.91 Å². The van der Waals surface area contributed by atoms with E-state index in [9.17, 15) is 4.79 Å². The van der Waals surface area contributed by atoms with Crippen LogP contribution in [-0.4, -0.2) is 21.4 Å². The summed E-state index contributed by atoms with van der Waals surface area (Å²) >= 11 is 9.62. The third-order valence-corrected chi connectivity index (χ3v) is 4.58. The Kier molecular flexibility index (Phi) is 4.22. The molecule has 1 unspecified atom stereocenters. The average molecular weight is 383 g/mol. The molecule has 0 aliphatic rings. The van der Waals surface area contributed by atoms with Gasteiger partial charge in [0.15, 0.2) is 5.69 Å². The number of hydrogen-bond donors (Lipinski definition) is 2. The molecule has 1 atom stereocenters. The quantitative estimate of drug-likeness (QED) is 0.661. The number of halogens is 2. The van der Waals surface area contributed by atoms with Crippen LogP contribution in [0, 0.1) is 0 Å². The van der Waals surface area contributed by atoms with E-state index >= 15 is 0 Å². The normalized spacial score (nSPS) is 12.6. The summed E-state index contributed by atoms with van der Waals surface area (Å²) in [5, 5.41) is 6.17. The summed E-state index contributed by atoms with van der Waals surface area (Å²) in [7, 11) is 0. The topological polar surface area (TPSA) is 84.9 Å². The minimum Gasteiger partial charge on any atom is -0.364 e. The summed E-state index contributed by atoms with van der Waals surface area (Å²) in [5.74, 6) is 0.180. The lowest BCUT2D eigenvalue weighted by molar-refractivity contribution is 0.0991. The predicted octanol–water partition coefficient (Wildman–Crippen LogP) is 3.63. The molecule has 3 aromatic rings. The van der Waals surface area contributed by atoms with Gasteiger partial charge in [-0.25, -0.2) is 0 Å². The SMILES string of the molecule is NC(=O)c1cc(CC(CBr)c2c[nH]c3ccc(Cl)cc23)on1. The van der Waals surface area contributed by atoms with E-state index in [0.29, 0.717) is 17.2 Å². The molecular weight excluding hydrogens is 370 g/mol. The molecule has 0 spiro atoms. The number of primary amides is 1. The maximum atomic E-state index is 11.1. The first-order valence-electron chi connectivity index (χ1n) is 6.66. The molecule has 7 heteroatoms. The van der Waals surface area contributed by atoms with Crippen molar-refractivity contribution >= 4 is 44.3 Å². The zero-order valence-corrected chi connectivity index (χ0v) is 13.8. The van der Waals surface area contributed by atoms with Gasteiger partial charge in [0.2, 0.25) is 0 Å². The number of amides is 1.